The van der Waals surface area contributed by atoms with Crippen molar-refractivity contribution in [3.8, 4) is 5.75 Å². The Hall–Kier alpha value is -3.19. The second-order valence-electron chi connectivity index (χ2n) is 6.44. The molecule has 2 aromatic rings. The highest BCUT2D eigenvalue weighted by Gasteiger charge is 2.33. The number of rotatable bonds is 5. The minimum atomic E-state index is -5.06. The van der Waals surface area contributed by atoms with Crippen molar-refractivity contribution in [2.24, 2.45) is 0 Å². The lowest BCUT2D eigenvalue weighted by atomic mass is 10.1. The van der Waals surface area contributed by atoms with Crippen molar-refractivity contribution in [2.75, 3.05) is 30.9 Å². The van der Waals surface area contributed by atoms with Gasteiger partial charge in [0, 0.05) is 44.1 Å². The average Bonchev–Trinajstić information content (AvgIpc) is 2.73. The van der Waals surface area contributed by atoms with E-state index in [1.54, 1.807) is 23.2 Å². The number of hydrogen-bond donors (Lipinski definition) is 2. The topological polar surface area (TPSA) is 112 Å². The standard InChI is InChI=1S/C18H17F3N4O5S/c19-18(20,21)30-15-10-12(3-4-14(15)23-31(28)29)16(26)24-6-8-25(9-7-24)17(27)13-2-1-5-22-11-13/h1-5,10-11,23H,6-9H2,(H,28,29). The van der Waals surface area contributed by atoms with Gasteiger partial charge in [-0.2, -0.15) is 0 Å². The fourth-order valence-electron chi connectivity index (χ4n) is 3.01. The molecule has 1 fully saturated rings. The van der Waals surface area contributed by atoms with E-state index in [1.165, 1.54) is 17.2 Å². The molecule has 0 saturated carbocycles. The normalized spacial score (nSPS) is 15.4. The Bertz CT molecular complexity index is 982. The van der Waals surface area contributed by atoms with Crippen molar-refractivity contribution in [1.82, 2.24) is 14.8 Å². The SMILES string of the molecule is O=C(c1cccnc1)N1CCN(C(=O)c2ccc(NS(=O)O)c(OC(F)(F)F)c2)CC1. The number of nitrogens with one attached hydrogen (secondary N) is 1. The van der Waals surface area contributed by atoms with Gasteiger partial charge in [-0.15, -0.1) is 13.2 Å². The van der Waals surface area contributed by atoms with Crippen LogP contribution in [0.15, 0.2) is 42.7 Å². The van der Waals surface area contributed by atoms with E-state index < -0.39 is 35.0 Å². The number of aromatic nitrogens is 1. The van der Waals surface area contributed by atoms with Crippen molar-refractivity contribution in [3.63, 3.8) is 0 Å². The molecule has 0 aliphatic carbocycles. The summed E-state index contributed by atoms with van der Waals surface area (Å²) in [6.07, 6.45) is -2.08. The van der Waals surface area contributed by atoms with E-state index >= 15 is 0 Å². The fraction of sp³-hybridized carbons (Fsp3) is 0.278. The molecule has 1 aromatic carbocycles. The molecule has 2 heterocycles. The van der Waals surface area contributed by atoms with Crippen LogP contribution in [0.1, 0.15) is 20.7 Å². The van der Waals surface area contributed by atoms with Gasteiger partial charge in [0.25, 0.3) is 23.1 Å². The molecule has 1 unspecified atom stereocenters. The predicted molar refractivity (Wildman–Crippen MR) is 104 cm³/mol. The Morgan fingerprint density at radius 2 is 1.68 bits per heavy atom. The maximum absolute atomic E-state index is 12.7. The van der Waals surface area contributed by atoms with E-state index in [-0.39, 0.29) is 37.6 Å². The third kappa shape index (κ3) is 5.92. The number of halogens is 3. The molecule has 1 aliphatic rings. The zero-order valence-electron chi connectivity index (χ0n) is 15.8. The molecule has 1 atom stereocenters. The van der Waals surface area contributed by atoms with E-state index in [4.69, 9.17) is 4.55 Å². The van der Waals surface area contributed by atoms with Gasteiger partial charge in [-0.1, -0.05) is 0 Å². The van der Waals surface area contributed by atoms with Crippen molar-refractivity contribution in [1.29, 1.82) is 0 Å². The number of ether oxygens (including phenoxy) is 1. The number of piperazine rings is 1. The lowest BCUT2D eigenvalue weighted by molar-refractivity contribution is -0.274. The van der Waals surface area contributed by atoms with Crippen LogP contribution >= 0.6 is 0 Å². The molecule has 1 aliphatic heterocycles. The van der Waals surface area contributed by atoms with Crippen LogP contribution < -0.4 is 9.46 Å². The predicted octanol–water partition coefficient (Wildman–Crippen LogP) is 2.13. The summed E-state index contributed by atoms with van der Waals surface area (Å²) in [7, 11) is 0. The molecule has 0 bridgehead atoms. The van der Waals surface area contributed by atoms with Crippen LogP contribution in [0.2, 0.25) is 0 Å². The number of hydrogen-bond acceptors (Lipinski definition) is 5. The van der Waals surface area contributed by atoms with Gasteiger partial charge in [-0.3, -0.25) is 23.8 Å². The zero-order valence-corrected chi connectivity index (χ0v) is 16.7. The number of carbonyl (C=O) groups is 2. The monoisotopic (exact) mass is 458 g/mol. The van der Waals surface area contributed by atoms with Crippen LogP contribution in [-0.2, 0) is 11.3 Å². The highest BCUT2D eigenvalue weighted by molar-refractivity contribution is 7.80. The first kappa shape index (κ1) is 22.5. The summed E-state index contributed by atoms with van der Waals surface area (Å²) in [5.41, 5.74) is -0.0808. The minimum Gasteiger partial charge on any atom is -0.404 e. The molecule has 166 valence electrons. The van der Waals surface area contributed by atoms with Gasteiger partial charge in [0.1, 0.15) is 0 Å². The van der Waals surface area contributed by atoms with E-state index in [9.17, 15) is 27.0 Å². The molecular weight excluding hydrogens is 441 g/mol. The van der Waals surface area contributed by atoms with Crippen LogP contribution in [0, 0.1) is 0 Å². The van der Waals surface area contributed by atoms with Gasteiger partial charge in [-0.25, -0.2) is 4.21 Å². The van der Waals surface area contributed by atoms with Crippen molar-refractivity contribution in [2.45, 2.75) is 6.36 Å². The molecule has 1 saturated heterocycles. The van der Waals surface area contributed by atoms with Crippen LogP contribution in [-0.4, -0.2) is 67.9 Å². The summed E-state index contributed by atoms with van der Waals surface area (Å²) in [6, 6.07) is 6.37. The maximum Gasteiger partial charge on any atom is 0.573 e. The van der Waals surface area contributed by atoms with E-state index in [2.05, 4.69) is 9.72 Å². The summed E-state index contributed by atoms with van der Waals surface area (Å²) in [5.74, 6) is -1.60. The number of benzene rings is 1. The molecule has 9 nitrogen and oxygen atoms in total. The molecule has 0 spiro atoms. The third-order valence-corrected chi connectivity index (χ3v) is 4.81. The van der Waals surface area contributed by atoms with Crippen molar-refractivity contribution >= 4 is 28.8 Å². The fourth-order valence-corrected chi connectivity index (χ4v) is 3.37. The molecule has 3 rings (SSSR count). The van der Waals surface area contributed by atoms with E-state index in [1.807, 2.05) is 4.72 Å². The number of alkyl halides is 3. The van der Waals surface area contributed by atoms with Gasteiger partial charge < -0.3 is 14.5 Å². The number of amides is 2. The molecule has 2 amide bonds. The van der Waals surface area contributed by atoms with Gasteiger partial charge in [0.05, 0.1) is 11.3 Å². The quantitative estimate of drug-likeness (QED) is 0.664. The summed E-state index contributed by atoms with van der Waals surface area (Å²) < 4.78 is 63.6. The molecule has 31 heavy (non-hydrogen) atoms. The van der Waals surface area contributed by atoms with Gasteiger partial charge in [0.15, 0.2) is 5.75 Å². The van der Waals surface area contributed by atoms with E-state index in [0.29, 0.717) is 5.56 Å². The van der Waals surface area contributed by atoms with Crippen LogP contribution in [0.3, 0.4) is 0 Å². The first-order chi connectivity index (χ1) is 14.6. The second kappa shape index (κ2) is 9.31. The minimum absolute atomic E-state index is 0.0967. The highest BCUT2D eigenvalue weighted by atomic mass is 32.2. The van der Waals surface area contributed by atoms with Gasteiger partial charge in [-0.05, 0) is 30.3 Å². The summed E-state index contributed by atoms with van der Waals surface area (Å²) in [6.45, 7) is 0.852. The smallest absolute Gasteiger partial charge is 0.404 e. The number of pyridine rings is 1. The van der Waals surface area contributed by atoms with Crippen LogP contribution in [0.4, 0.5) is 18.9 Å². The molecule has 2 N–H and O–H groups in total. The lowest BCUT2D eigenvalue weighted by Crippen LogP contribution is -2.50. The lowest BCUT2D eigenvalue weighted by Gasteiger charge is -2.35. The summed E-state index contributed by atoms with van der Waals surface area (Å²) in [4.78, 5) is 32.1. The highest BCUT2D eigenvalue weighted by Crippen LogP contribution is 2.32. The Morgan fingerprint density at radius 3 is 2.19 bits per heavy atom. The largest absolute Gasteiger partial charge is 0.573 e. The molecule has 13 heteroatoms. The van der Waals surface area contributed by atoms with E-state index in [0.717, 1.165) is 12.1 Å². The summed E-state index contributed by atoms with van der Waals surface area (Å²) >= 11 is -2.64. The van der Waals surface area contributed by atoms with Crippen molar-refractivity contribution < 1.29 is 36.3 Å². The van der Waals surface area contributed by atoms with Gasteiger partial charge >= 0.3 is 6.36 Å². The Balaban J connectivity index is 1.71. The van der Waals surface area contributed by atoms with Gasteiger partial charge in [0.2, 0.25) is 0 Å². The zero-order chi connectivity index (χ0) is 22.6. The first-order valence-electron chi connectivity index (χ1n) is 8.90. The Morgan fingerprint density at radius 1 is 1.06 bits per heavy atom. The molecule has 1 aromatic heterocycles. The second-order valence-corrected chi connectivity index (χ2v) is 7.14. The van der Waals surface area contributed by atoms with Crippen LogP contribution in [0.25, 0.3) is 0 Å². The molecular formula is C18H17F3N4O5S. The Labute approximate surface area is 177 Å². The summed E-state index contributed by atoms with van der Waals surface area (Å²) in [5, 5.41) is 0. The first-order valence-corrected chi connectivity index (χ1v) is 10.0. The average molecular weight is 458 g/mol. The number of carbonyl (C=O) groups excluding carboxylic acids is 2. The number of anilines is 1. The number of nitrogens with zero attached hydrogens (tertiary/aromatic N) is 3. The molecule has 0 radical (unpaired) electrons. The maximum atomic E-state index is 12.7. The van der Waals surface area contributed by atoms with Crippen molar-refractivity contribution in [3.05, 3.63) is 53.9 Å². The Kier molecular flexibility index (Phi) is 6.75. The third-order valence-electron chi connectivity index (χ3n) is 4.41. The van der Waals surface area contributed by atoms with Crippen LogP contribution in [0.5, 0.6) is 5.75 Å².